The molecule has 1 atom stereocenters. The zero-order valence-electron chi connectivity index (χ0n) is 12.3. The van der Waals surface area contributed by atoms with Gasteiger partial charge in [-0.3, -0.25) is 4.90 Å². The molecule has 0 amide bonds. The molecule has 0 saturated carbocycles. The van der Waals surface area contributed by atoms with Crippen LogP contribution in [0.15, 0.2) is 18.2 Å². The highest BCUT2D eigenvalue weighted by Crippen LogP contribution is 2.18. The fourth-order valence-corrected chi connectivity index (χ4v) is 3.09. The first-order valence-corrected chi connectivity index (χ1v) is 7.21. The summed E-state index contributed by atoms with van der Waals surface area (Å²) in [7, 11) is 4.36. The molecule has 0 radical (unpaired) electrons. The van der Waals surface area contributed by atoms with Crippen molar-refractivity contribution in [2.24, 2.45) is 5.92 Å². The van der Waals surface area contributed by atoms with Crippen LogP contribution in [0.2, 0.25) is 0 Å². The van der Waals surface area contributed by atoms with Gasteiger partial charge in [-0.05, 0) is 51.2 Å². The van der Waals surface area contributed by atoms with Gasteiger partial charge in [0.25, 0.3) is 0 Å². The Hall–Kier alpha value is -1.59. The minimum atomic E-state index is 0.773. The lowest BCUT2D eigenvalue weighted by Gasteiger charge is -2.19. The van der Waals surface area contributed by atoms with E-state index in [2.05, 4.69) is 33.9 Å². The van der Waals surface area contributed by atoms with Gasteiger partial charge < -0.3 is 15.6 Å². The number of nitrogen functional groups attached to an aromatic ring is 1. The Balaban J connectivity index is 1.63. The molecule has 1 aromatic heterocycles. The second-order valence-corrected chi connectivity index (χ2v) is 6.07. The van der Waals surface area contributed by atoms with Gasteiger partial charge in [0.1, 0.15) is 5.82 Å². The molecule has 5 nitrogen and oxygen atoms in total. The van der Waals surface area contributed by atoms with E-state index in [4.69, 9.17) is 5.73 Å². The molecule has 108 valence electrons. The van der Waals surface area contributed by atoms with E-state index in [1.54, 1.807) is 0 Å². The summed E-state index contributed by atoms with van der Waals surface area (Å²) in [5, 5.41) is 0. The van der Waals surface area contributed by atoms with Gasteiger partial charge in [0.05, 0.1) is 17.6 Å². The van der Waals surface area contributed by atoms with Crippen LogP contribution in [0.3, 0.4) is 0 Å². The van der Waals surface area contributed by atoms with Crippen LogP contribution in [0.1, 0.15) is 12.2 Å². The Labute approximate surface area is 119 Å². The number of nitrogens with two attached hydrogens (primary N) is 1. The molecule has 0 spiro atoms. The summed E-state index contributed by atoms with van der Waals surface area (Å²) in [5.41, 5.74) is 8.58. The molecule has 1 saturated heterocycles. The smallest absolute Gasteiger partial charge is 0.121 e. The van der Waals surface area contributed by atoms with Crippen molar-refractivity contribution in [1.29, 1.82) is 0 Å². The van der Waals surface area contributed by atoms with Crippen molar-refractivity contribution >= 4 is 16.7 Å². The van der Waals surface area contributed by atoms with Crippen molar-refractivity contribution in [3.05, 3.63) is 24.0 Å². The number of nitrogens with zero attached hydrogens (tertiary/aromatic N) is 3. The predicted octanol–water partition coefficient (Wildman–Crippen LogP) is 1.53. The van der Waals surface area contributed by atoms with Crippen molar-refractivity contribution in [2.75, 3.05) is 39.5 Å². The Morgan fingerprint density at radius 2 is 2.35 bits per heavy atom. The number of nitrogens with one attached hydrogen (secondary N) is 1. The number of likely N-dealkylation sites (tertiary alicyclic amines) is 1. The number of fused-ring (bicyclic) bond motifs is 1. The number of imidazole rings is 1. The fourth-order valence-electron chi connectivity index (χ4n) is 3.09. The highest BCUT2D eigenvalue weighted by molar-refractivity contribution is 5.78. The van der Waals surface area contributed by atoms with Crippen LogP contribution in [-0.2, 0) is 6.54 Å². The van der Waals surface area contributed by atoms with E-state index in [-0.39, 0.29) is 0 Å². The number of rotatable bonds is 4. The summed E-state index contributed by atoms with van der Waals surface area (Å²) in [6.45, 7) is 4.42. The summed E-state index contributed by atoms with van der Waals surface area (Å²) in [6.07, 6.45) is 1.30. The molecule has 1 fully saturated rings. The average Bonchev–Trinajstić information content (AvgIpc) is 2.94. The standard InChI is InChI=1S/C15H23N5/c1-19-6-5-11(8-19)9-20(2)10-15-17-13-4-3-12(16)7-14(13)18-15/h3-4,7,11H,5-6,8-10,16H2,1-2H3,(H,17,18). The second-order valence-electron chi connectivity index (χ2n) is 6.07. The molecule has 3 rings (SSSR count). The number of hydrogen-bond donors (Lipinski definition) is 2. The van der Waals surface area contributed by atoms with Crippen LogP contribution in [0.5, 0.6) is 0 Å². The first kappa shape index (κ1) is 13.4. The van der Waals surface area contributed by atoms with E-state index in [1.807, 2.05) is 18.2 Å². The van der Waals surface area contributed by atoms with Gasteiger partial charge in [0, 0.05) is 18.8 Å². The van der Waals surface area contributed by atoms with E-state index >= 15 is 0 Å². The number of aromatic nitrogens is 2. The number of aromatic amines is 1. The largest absolute Gasteiger partial charge is 0.399 e. The minimum Gasteiger partial charge on any atom is -0.399 e. The maximum atomic E-state index is 5.79. The Morgan fingerprint density at radius 3 is 3.10 bits per heavy atom. The predicted molar refractivity (Wildman–Crippen MR) is 82.4 cm³/mol. The minimum absolute atomic E-state index is 0.773. The Bertz CT molecular complexity index is 591. The number of anilines is 1. The lowest BCUT2D eigenvalue weighted by molar-refractivity contribution is 0.263. The third-order valence-corrected chi connectivity index (χ3v) is 4.03. The van der Waals surface area contributed by atoms with Crippen molar-refractivity contribution < 1.29 is 0 Å². The Morgan fingerprint density at radius 1 is 1.50 bits per heavy atom. The third-order valence-electron chi connectivity index (χ3n) is 4.03. The molecule has 1 unspecified atom stereocenters. The zero-order chi connectivity index (χ0) is 14.1. The number of hydrogen-bond acceptors (Lipinski definition) is 4. The highest BCUT2D eigenvalue weighted by Gasteiger charge is 2.21. The van der Waals surface area contributed by atoms with Crippen LogP contribution >= 0.6 is 0 Å². The molecule has 1 aromatic carbocycles. The molecule has 5 heteroatoms. The van der Waals surface area contributed by atoms with Crippen LogP contribution in [0.4, 0.5) is 5.69 Å². The first-order valence-electron chi connectivity index (χ1n) is 7.21. The second kappa shape index (κ2) is 5.42. The monoisotopic (exact) mass is 273 g/mol. The summed E-state index contributed by atoms with van der Waals surface area (Å²) in [4.78, 5) is 12.7. The first-order chi connectivity index (χ1) is 9.60. The average molecular weight is 273 g/mol. The van der Waals surface area contributed by atoms with Gasteiger partial charge in [-0.1, -0.05) is 0 Å². The molecular formula is C15H23N5. The van der Waals surface area contributed by atoms with Crippen LogP contribution < -0.4 is 5.73 Å². The van der Waals surface area contributed by atoms with E-state index in [1.165, 1.54) is 19.5 Å². The van der Waals surface area contributed by atoms with Gasteiger partial charge >= 0.3 is 0 Å². The molecule has 20 heavy (non-hydrogen) atoms. The van der Waals surface area contributed by atoms with Gasteiger partial charge in [-0.25, -0.2) is 4.98 Å². The molecule has 0 bridgehead atoms. The maximum Gasteiger partial charge on any atom is 0.121 e. The lowest BCUT2D eigenvalue weighted by atomic mass is 10.1. The van der Waals surface area contributed by atoms with Crippen molar-refractivity contribution in [3.63, 3.8) is 0 Å². The van der Waals surface area contributed by atoms with Gasteiger partial charge in [-0.2, -0.15) is 0 Å². The third kappa shape index (κ3) is 2.94. The molecule has 2 heterocycles. The van der Waals surface area contributed by atoms with Crippen LogP contribution in [0, 0.1) is 5.92 Å². The molecular weight excluding hydrogens is 250 g/mol. The van der Waals surface area contributed by atoms with Gasteiger partial charge in [0.15, 0.2) is 0 Å². The molecule has 1 aliphatic heterocycles. The van der Waals surface area contributed by atoms with E-state index in [9.17, 15) is 0 Å². The summed E-state index contributed by atoms with van der Waals surface area (Å²) in [6, 6.07) is 5.80. The van der Waals surface area contributed by atoms with Crippen LogP contribution in [-0.4, -0.2) is 53.5 Å². The highest BCUT2D eigenvalue weighted by atomic mass is 15.2. The maximum absolute atomic E-state index is 5.79. The Kier molecular flexibility index (Phi) is 3.63. The molecule has 2 aromatic rings. The van der Waals surface area contributed by atoms with Gasteiger partial charge in [-0.15, -0.1) is 0 Å². The molecule has 3 N–H and O–H groups in total. The molecule has 1 aliphatic rings. The lowest BCUT2D eigenvalue weighted by Crippen LogP contribution is -2.27. The summed E-state index contributed by atoms with van der Waals surface area (Å²) >= 11 is 0. The van der Waals surface area contributed by atoms with Crippen molar-refractivity contribution in [3.8, 4) is 0 Å². The van der Waals surface area contributed by atoms with E-state index in [0.717, 1.165) is 41.6 Å². The van der Waals surface area contributed by atoms with Gasteiger partial charge in [0.2, 0.25) is 0 Å². The summed E-state index contributed by atoms with van der Waals surface area (Å²) < 4.78 is 0. The zero-order valence-corrected chi connectivity index (χ0v) is 12.3. The van der Waals surface area contributed by atoms with E-state index < -0.39 is 0 Å². The van der Waals surface area contributed by atoms with E-state index in [0.29, 0.717) is 0 Å². The van der Waals surface area contributed by atoms with Crippen molar-refractivity contribution in [2.45, 2.75) is 13.0 Å². The number of H-pyrrole nitrogens is 1. The topological polar surface area (TPSA) is 61.2 Å². The molecule has 0 aliphatic carbocycles. The van der Waals surface area contributed by atoms with Crippen molar-refractivity contribution in [1.82, 2.24) is 19.8 Å². The fraction of sp³-hybridized carbons (Fsp3) is 0.533. The number of benzene rings is 1. The SMILES string of the molecule is CN1CCC(CN(C)Cc2nc3ccc(N)cc3[nH]2)C1. The normalized spacial score (nSPS) is 20.2. The van der Waals surface area contributed by atoms with Crippen LogP contribution in [0.25, 0.3) is 11.0 Å². The summed E-state index contributed by atoms with van der Waals surface area (Å²) in [5.74, 6) is 1.80. The quantitative estimate of drug-likeness (QED) is 0.829.